The number of nitrogens with one attached hydrogen (secondary N) is 2. The van der Waals surface area contributed by atoms with Gasteiger partial charge in [-0.15, -0.1) is 0 Å². The number of H-pyrrole nitrogens is 2. The maximum Gasteiger partial charge on any atom is 0.307 e. The van der Waals surface area contributed by atoms with Crippen molar-refractivity contribution in [1.29, 1.82) is 0 Å². The number of aliphatic carboxylic acids is 2. The molecule has 0 radical (unpaired) electrons. The summed E-state index contributed by atoms with van der Waals surface area (Å²) in [5.41, 5.74) is 3.14. The van der Waals surface area contributed by atoms with Crippen molar-refractivity contribution < 1.29 is 41.9 Å². The van der Waals surface area contributed by atoms with E-state index in [0.29, 0.717) is 50.2 Å². The first-order chi connectivity index (χ1) is 33.6. The average Bonchev–Trinajstić information content (AvgIpc) is 4.06. The summed E-state index contributed by atoms with van der Waals surface area (Å²) < 4.78 is 64.9. The van der Waals surface area contributed by atoms with Crippen LogP contribution in [-0.4, -0.2) is 67.2 Å². The van der Waals surface area contributed by atoms with E-state index in [1.54, 1.807) is 26.2 Å². The second-order valence-corrected chi connectivity index (χ2v) is 19.8. The molecule has 70 heavy (non-hydrogen) atoms. The van der Waals surface area contributed by atoms with Crippen molar-refractivity contribution in [3.05, 3.63) is 88.7 Å². The van der Waals surface area contributed by atoms with Crippen molar-refractivity contribution in [2.75, 3.05) is 0 Å². The molecule has 7 aromatic heterocycles. The molecule has 0 saturated heterocycles. The lowest BCUT2D eigenvalue weighted by molar-refractivity contribution is -0.153. The largest absolute Gasteiger partial charge is 0.481 e. The zero-order valence-electron chi connectivity index (χ0n) is 39.0. The fourth-order valence-electron chi connectivity index (χ4n) is 12.1. The predicted molar refractivity (Wildman–Crippen MR) is 248 cm³/mol. The summed E-state index contributed by atoms with van der Waals surface area (Å²) >= 11 is 0. The number of hydrogen-bond donors (Lipinski definition) is 4. The Kier molecular flexibility index (Phi) is 12.5. The maximum absolute atomic E-state index is 16.1. The van der Waals surface area contributed by atoms with Crippen molar-refractivity contribution in [2.45, 2.75) is 91.9 Å². The van der Waals surface area contributed by atoms with Gasteiger partial charge in [-0.2, -0.15) is 0 Å². The van der Waals surface area contributed by atoms with Gasteiger partial charge in [-0.25, -0.2) is 47.5 Å². The summed E-state index contributed by atoms with van der Waals surface area (Å²) in [6.07, 6.45) is 13.3. The third-order valence-corrected chi connectivity index (χ3v) is 15.3. The van der Waals surface area contributed by atoms with Crippen molar-refractivity contribution >= 4 is 34.0 Å². The molecule has 4 N–H and O–H groups in total. The van der Waals surface area contributed by atoms with Crippen molar-refractivity contribution in [3.63, 3.8) is 0 Å². The number of aryl methyl sites for hydroxylation is 2. The van der Waals surface area contributed by atoms with Crippen molar-refractivity contribution in [3.8, 4) is 45.9 Å². The third kappa shape index (κ3) is 8.68. The second kappa shape index (κ2) is 18.7. The number of rotatable bonds is 9. The number of hydrogen-bond acceptors (Lipinski definition) is 10. The van der Waals surface area contributed by atoms with Gasteiger partial charge < -0.3 is 24.7 Å². The molecule has 18 heteroatoms. The molecule has 13 rings (SSSR count). The molecule has 0 unspecified atom stereocenters. The Hall–Kier alpha value is -7.03. The Balaban J connectivity index is 0.000000162. The summed E-state index contributed by atoms with van der Waals surface area (Å²) in [4.78, 5) is 56.5. The predicted octanol–water partition coefficient (Wildman–Crippen LogP) is 10.2. The molecule has 6 fully saturated rings. The van der Waals surface area contributed by atoms with Crippen LogP contribution in [0.3, 0.4) is 0 Å². The van der Waals surface area contributed by atoms with Gasteiger partial charge in [0.25, 0.3) is 0 Å². The van der Waals surface area contributed by atoms with E-state index in [1.165, 1.54) is 12.1 Å². The van der Waals surface area contributed by atoms with Gasteiger partial charge in [-0.05, 0) is 132 Å². The Morgan fingerprint density at radius 3 is 1.63 bits per heavy atom. The molecule has 6 aliphatic carbocycles. The van der Waals surface area contributed by atoms with E-state index in [1.807, 2.05) is 13.8 Å². The van der Waals surface area contributed by atoms with E-state index < -0.39 is 47.0 Å². The molecule has 6 saturated carbocycles. The molecule has 0 spiro atoms. The molecule has 0 amide bonds. The summed E-state index contributed by atoms with van der Waals surface area (Å²) in [6.45, 7) is 7.19. The number of nitrogens with zero attached hydrogens (tertiary/aromatic N) is 7. The summed E-state index contributed by atoms with van der Waals surface area (Å²) in [5.74, 6) is 2.01. The highest BCUT2D eigenvalue weighted by molar-refractivity contribution is 5.92. The minimum Gasteiger partial charge on any atom is -0.481 e. The molecular weight excluding hydrogens is 907 g/mol. The number of aromatic amines is 2. The van der Waals surface area contributed by atoms with E-state index in [-0.39, 0.29) is 88.7 Å². The number of halogens is 4. The number of aromatic nitrogens is 9. The number of carbonyl (C=O) groups is 2. The van der Waals surface area contributed by atoms with Crippen LogP contribution in [0.5, 0.6) is 0 Å². The van der Waals surface area contributed by atoms with Crippen LogP contribution in [0.2, 0.25) is 0 Å². The molecular formula is C52H51F4N9O5. The Morgan fingerprint density at radius 1 is 0.700 bits per heavy atom. The molecule has 7 heterocycles. The first-order valence-corrected chi connectivity index (χ1v) is 23.9. The van der Waals surface area contributed by atoms with Gasteiger partial charge in [-0.1, -0.05) is 24.9 Å². The smallest absolute Gasteiger partial charge is 0.307 e. The van der Waals surface area contributed by atoms with Crippen molar-refractivity contribution in [1.82, 2.24) is 45.0 Å². The van der Waals surface area contributed by atoms with Crippen LogP contribution in [0.25, 0.3) is 56.1 Å². The summed E-state index contributed by atoms with van der Waals surface area (Å²) in [6, 6.07) is 2.66. The molecule has 362 valence electrons. The van der Waals surface area contributed by atoms with Gasteiger partial charge in [0.2, 0.25) is 0 Å². The lowest BCUT2D eigenvalue weighted by Crippen LogP contribution is -2.45. The SMILES string of the molecule is CC(C)C#Cc1nc(-c2c[nH]c3ncc(F)cc23)nc(C[C@H]2C3CCC(CC3)[C@@H]2C(=O)O)c1F.Cc1noc(C)c1-c1nc(-c2c[nH]c3ncc(F)cc23)nc(C[C@H]2C3CCC(CC3)[C@@H]2C(=O)O)c1F. The highest BCUT2D eigenvalue weighted by atomic mass is 19.1. The van der Waals surface area contributed by atoms with Crippen LogP contribution in [0.15, 0.2) is 41.4 Å². The molecule has 6 aliphatic rings. The lowest BCUT2D eigenvalue weighted by atomic mass is 9.57. The topological polar surface area (TPSA) is 210 Å². The Bertz CT molecular complexity index is 3210. The third-order valence-electron chi connectivity index (χ3n) is 15.3. The standard InChI is InChI=1S/C26H25F2N5O3.C26H26F2N4O2/c1-11-20(12(2)36-33-11)23-22(28)19(8-16-13-3-5-14(6-4-13)21(16)26(34)35)31-25(32-23)18-10-30-24-17(18)7-15(27)9-29-24;1-13(2)3-8-20-23(28)21(10-17-14-4-6-15(7-5-14)22(17)26(33)34)32-25(31-20)19-12-30-24-18(19)9-16(27)11-29-24/h7,9-10,13-14,16,21H,3-6,8H2,1-2H3,(H,29,30)(H,34,35);9,11-15,17,22H,4-7,10H2,1-2H3,(H,29,30)(H,33,34)/t13?,14?,16-,21-;14?,15?,17-,22-/m00/s1. The summed E-state index contributed by atoms with van der Waals surface area (Å²) in [7, 11) is 0. The normalized spacial score (nSPS) is 23.6. The Morgan fingerprint density at radius 2 is 1.17 bits per heavy atom. The van der Waals surface area contributed by atoms with E-state index in [2.05, 4.69) is 56.9 Å². The quantitative estimate of drug-likeness (QED) is 0.0787. The first kappa shape index (κ1) is 46.7. The number of carboxylic acid groups (broad SMARTS) is 2. The van der Waals surface area contributed by atoms with Crippen LogP contribution in [0, 0.1) is 102 Å². The highest BCUT2D eigenvalue weighted by Gasteiger charge is 2.49. The maximum atomic E-state index is 16.1. The van der Waals surface area contributed by atoms with E-state index in [0.717, 1.165) is 63.8 Å². The molecule has 7 aromatic rings. The van der Waals surface area contributed by atoms with E-state index in [9.17, 15) is 28.6 Å². The average molecular weight is 958 g/mol. The molecule has 14 nitrogen and oxygen atoms in total. The van der Waals surface area contributed by atoms with Gasteiger partial charge in [-0.3, -0.25) is 9.59 Å². The van der Waals surface area contributed by atoms with E-state index in [4.69, 9.17) is 4.52 Å². The minimum atomic E-state index is -0.826. The van der Waals surface area contributed by atoms with Crippen LogP contribution >= 0.6 is 0 Å². The minimum absolute atomic E-state index is 0.0121. The summed E-state index contributed by atoms with van der Waals surface area (Å²) in [5, 5.41) is 24.9. The molecule has 0 aromatic carbocycles. The number of fused-ring (bicyclic) bond motifs is 8. The zero-order chi connectivity index (χ0) is 49.1. The van der Waals surface area contributed by atoms with Gasteiger partial charge >= 0.3 is 11.9 Å². The monoisotopic (exact) mass is 957 g/mol. The van der Waals surface area contributed by atoms with Crippen LogP contribution < -0.4 is 0 Å². The van der Waals surface area contributed by atoms with Crippen LogP contribution in [0.4, 0.5) is 17.6 Å². The van der Waals surface area contributed by atoms with Gasteiger partial charge in [0.1, 0.15) is 34.4 Å². The second-order valence-electron chi connectivity index (χ2n) is 19.8. The molecule has 0 aliphatic heterocycles. The zero-order valence-corrected chi connectivity index (χ0v) is 39.0. The molecule has 4 bridgehead atoms. The molecule has 4 atom stereocenters. The van der Waals surface area contributed by atoms with Crippen LogP contribution in [0.1, 0.15) is 93.8 Å². The lowest BCUT2D eigenvalue weighted by Gasteiger charge is -2.46. The van der Waals surface area contributed by atoms with Gasteiger partial charge in [0.15, 0.2) is 29.0 Å². The fraction of sp³-hybridized carbons (Fsp3) is 0.442. The Labute approximate surface area is 399 Å². The first-order valence-electron chi connectivity index (χ1n) is 23.9. The highest BCUT2D eigenvalue weighted by Crippen LogP contribution is 2.52. The van der Waals surface area contributed by atoms with Gasteiger partial charge in [0.05, 0.1) is 46.9 Å². The van der Waals surface area contributed by atoms with E-state index >= 15 is 8.78 Å². The fourth-order valence-corrected chi connectivity index (χ4v) is 12.1. The van der Waals surface area contributed by atoms with Crippen LogP contribution in [-0.2, 0) is 22.4 Å². The van der Waals surface area contributed by atoms with Crippen molar-refractivity contribution in [2.24, 2.45) is 53.3 Å². The van der Waals surface area contributed by atoms with Gasteiger partial charge in [0, 0.05) is 40.2 Å². The number of carboxylic acids is 2. The number of pyridine rings is 2.